The van der Waals surface area contributed by atoms with Crippen molar-refractivity contribution in [2.24, 2.45) is 0 Å². The molecular weight excluding hydrogens is 470 g/mol. The Balaban J connectivity index is 1.40. The lowest BCUT2D eigenvalue weighted by Crippen LogP contribution is -2.30. The van der Waals surface area contributed by atoms with E-state index < -0.39 is 0 Å². The third-order valence-corrected chi connectivity index (χ3v) is 6.88. The predicted octanol–water partition coefficient (Wildman–Crippen LogP) is 4.84. The minimum absolute atomic E-state index is 0.240. The van der Waals surface area contributed by atoms with Crippen molar-refractivity contribution < 1.29 is 14.3 Å². The fourth-order valence-electron chi connectivity index (χ4n) is 3.11. The van der Waals surface area contributed by atoms with Gasteiger partial charge in [0.15, 0.2) is 0 Å². The molecule has 0 unspecified atom stereocenters. The van der Waals surface area contributed by atoms with E-state index in [2.05, 4.69) is 31.5 Å². The molecule has 0 atom stereocenters. The van der Waals surface area contributed by atoms with Crippen LogP contribution in [-0.4, -0.2) is 53.6 Å². The molecule has 1 aliphatic heterocycles. The van der Waals surface area contributed by atoms with Crippen molar-refractivity contribution in [3.05, 3.63) is 67.4 Å². The molecule has 34 heavy (non-hydrogen) atoms. The van der Waals surface area contributed by atoms with Crippen LogP contribution in [-0.2, 0) is 9.53 Å². The van der Waals surface area contributed by atoms with E-state index in [9.17, 15) is 4.79 Å². The summed E-state index contributed by atoms with van der Waals surface area (Å²) in [6.45, 7) is 6.72. The summed E-state index contributed by atoms with van der Waals surface area (Å²) >= 11 is 3.19. The number of rotatable bonds is 9. The summed E-state index contributed by atoms with van der Waals surface area (Å²) in [5.41, 5.74) is 1.55. The van der Waals surface area contributed by atoms with Gasteiger partial charge in [-0.2, -0.15) is 0 Å². The van der Waals surface area contributed by atoms with E-state index >= 15 is 0 Å². The van der Waals surface area contributed by atoms with Gasteiger partial charge in [-0.15, -0.1) is 0 Å². The summed E-state index contributed by atoms with van der Waals surface area (Å²) in [6.07, 6.45) is 2.96. The quantitative estimate of drug-likeness (QED) is 0.246. The lowest BCUT2D eigenvalue weighted by atomic mass is 10.3. The lowest BCUT2D eigenvalue weighted by molar-refractivity contribution is -0.111. The molecule has 1 aromatic heterocycles. The van der Waals surface area contributed by atoms with E-state index in [0.717, 1.165) is 52.6 Å². The maximum Gasteiger partial charge on any atom is 0.247 e. The van der Waals surface area contributed by atoms with Gasteiger partial charge in [-0.3, -0.25) is 4.79 Å². The van der Waals surface area contributed by atoms with Crippen LogP contribution in [0.15, 0.2) is 82.2 Å². The van der Waals surface area contributed by atoms with Crippen LogP contribution in [0.5, 0.6) is 5.75 Å². The van der Waals surface area contributed by atoms with Gasteiger partial charge < -0.3 is 20.1 Å². The van der Waals surface area contributed by atoms with Crippen molar-refractivity contribution in [3.8, 4) is 5.75 Å². The first-order valence-electron chi connectivity index (χ1n) is 10.6. The van der Waals surface area contributed by atoms with Gasteiger partial charge in [0.25, 0.3) is 0 Å². The highest BCUT2D eigenvalue weighted by Crippen LogP contribution is 2.35. The van der Waals surface area contributed by atoms with Crippen LogP contribution in [0.2, 0.25) is 0 Å². The van der Waals surface area contributed by atoms with E-state index in [0.29, 0.717) is 11.6 Å². The van der Waals surface area contributed by atoms with E-state index in [4.69, 9.17) is 9.47 Å². The van der Waals surface area contributed by atoms with Gasteiger partial charge in [-0.05, 0) is 60.5 Å². The van der Waals surface area contributed by atoms with Crippen molar-refractivity contribution in [2.75, 3.05) is 44.0 Å². The average molecular weight is 496 g/mol. The molecule has 1 saturated heterocycles. The highest BCUT2D eigenvalue weighted by molar-refractivity contribution is 7.99. The number of nitrogens with zero attached hydrogens (tertiary/aromatic N) is 3. The van der Waals surface area contributed by atoms with Crippen molar-refractivity contribution in [2.45, 2.75) is 14.8 Å². The number of nitrogens with one attached hydrogen (secondary N) is 2. The van der Waals surface area contributed by atoms with Gasteiger partial charge in [0.05, 0.1) is 25.2 Å². The average Bonchev–Trinajstić information content (AvgIpc) is 2.87. The monoisotopic (exact) mass is 495 g/mol. The second kappa shape index (κ2) is 11.9. The summed E-state index contributed by atoms with van der Waals surface area (Å²) in [5, 5.41) is 6.79. The van der Waals surface area contributed by atoms with Crippen LogP contribution in [0, 0.1) is 0 Å². The number of methoxy groups -OCH3 is 1. The number of amides is 1. The topological polar surface area (TPSA) is 88.6 Å². The van der Waals surface area contributed by atoms with E-state index in [-0.39, 0.29) is 5.91 Å². The van der Waals surface area contributed by atoms with Crippen LogP contribution >= 0.6 is 23.7 Å². The molecule has 4 rings (SSSR count). The van der Waals surface area contributed by atoms with E-state index in [1.54, 1.807) is 25.3 Å². The lowest BCUT2D eigenvalue weighted by Gasteiger charge is -2.26. The van der Waals surface area contributed by atoms with Crippen LogP contribution < -0.4 is 15.4 Å². The number of hydrogen-bond donors (Lipinski definition) is 2. The molecular formula is C24H25N5O3S2. The Bertz CT molecular complexity index is 1140. The summed E-state index contributed by atoms with van der Waals surface area (Å²) in [7, 11) is 1.67. The molecule has 2 aromatic carbocycles. The Morgan fingerprint density at radius 2 is 1.91 bits per heavy atom. The Morgan fingerprint density at radius 1 is 1.15 bits per heavy atom. The number of morpholine rings is 1. The SMILES string of the molecule is C=CC(=O)Nc1ccc(Sc2ccnc(Nc3ccc(SN4CCOCC4)c(OC)c3)n2)cc1. The van der Waals surface area contributed by atoms with Crippen LogP contribution in [0.3, 0.4) is 0 Å². The van der Waals surface area contributed by atoms with Gasteiger partial charge >= 0.3 is 0 Å². The molecule has 0 saturated carbocycles. The molecule has 1 fully saturated rings. The zero-order chi connectivity index (χ0) is 23.8. The minimum atomic E-state index is -0.240. The van der Waals surface area contributed by atoms with Crippen molar-refractivity contribution in [1.29, 1.82) is 0 Å². The Morgan fingerprint density at radius 3 is 2.65 bits per heavy atom. The molecule has 10 heteroatoms. The number of aromatic nitrogens is 2. The molecule has 1 aliphatic rings. The van der Waals surface area contributed by atoms with Gasteiger partial charge in [0.2, 0.25) is 11.9 Å². The van der Waals surface area contributed by atoms with Crippen LogP contribution in [0.25, 0.3) is 0 Å². The van der Waals surface area contributed by atoms with Gasteiger partial charge in [0, 0.05) is 41.6 Å². The third-order valence-electron chi connectivity index (χ3n) is 4.78. The molecule has 8 nitrogen and oxygen atoms in total. The third kappa shape index (κ3) is 6.73. The molecule has 0 aliphatic carbocycles. The molecule has 2 N–H and O–H groups in total. The summed E-state index contributed by atoms with van der Waals surface area (Å²) in [5.74, 6) is 1.04. The molecule has 176 valence electrons. The molecule has 2 heterocycles. The predicted molar refractivity (Wildman–Crippen MR) is 136 cm³/mol. The smallest absolute Gasteiger partial charge is 0.247 e. The number of benzene rings is 2. The second-order valence-electron chi connectivity index (χ2n) is 7.16. The second-order valence-corrected chi connectivity index (χ2v) is 9.39. The summed E-state index contributed by atoms with van der Waals surface area (Å²) in [4.78, 5) is 22.4. The van der Waals surface area contributed by atoms with Crippen LogP contribution in [0.1, 0.15) is 0 Å². The first-order valence-corrected chi connectivity index (χ1v) is 12.2. The highest BCUT2D eigenvalue weighted by atomic mass is 32.2. The Kier molecular flexibility index (Phi) is 8.42. The van der Waals surface area contributed by atoms with Crippen molar-refractivity contribution in [1.82, 2.24) is 14.3 Å². The Hall–Kier alpha value is -3.05. The van der Waals surface area contributed by atoms with E-state index in [1.165, 1.54) is 17.8 Å². The van der Waals surface area contributed by atoms with Gasteiger partial charge in [-0.1, -0.05) is 18.3 Å². The van der Waals surface area contributed by atoms with Crippen molar-refractivity contribution in [3.63, 3.8) is 0 Å². The highest BCUT2D eigenvalue weighted by Gasteiger charge is 2.15. The minimum Gasteiger partial charge on any atom is -0.495 e. The Labute approximate surface area is 207 Å². The molecule has 0 bridgehead atoms. The maximum atomic E-state index is 11.4. The van der Waals surface area contributed by atoms with Crippen molar-refractivity contribution >= 4 is 46.9 Å². The molecule has 3 aromatic rings. The zero-order valence-electron chi connectivity index (χ0n) is 18.7. The standard InChI is InChI=1S/C24H25N5O3S2/c1-3-22(30)26-17-4-7-19(8-5-17)33-23-10-11-25-24(28-23)27-18-6-9-21(20(16-18)31-2)34-29-12-14-32-15-13-29/h3-11,16H,1,12-15H2,2H3,(H,26,30)(H,25,27,28). The normalized spacial score (nSPS) is 13.8. The fraction of sp³-hybridized carbons (Fsp3) is 0.208. The largest absolute Gasteiger partial charge is 0.495 e. The number of carbonyl (C=O) groups excluding carboxylic acids is 1. The number of ether oxygens (including phenoxy) is 2. The summed E-state index contributed by atoms with van der Waals surface area (Å²) < 4.78 is 13.3. The van der Waals surface area contributed by atoms with Gasteiger partial charge in [-0.25, -0.2) is 14.3 Å². The number of hydrogen-bond acceptors (Lipinski definition) is 9. The summed E-state index contributed by atoms with van der Waals surface area (Å²) in [6, 6.07) is 15.4. The molecule has 0 radical (unpaired) electrons. The number of carbonyl (C=O) groups is 1. The first kappa shape index (κ1) is 24.1. The number of anilines is 3. The first-order chi connectivity index (χ1) is 16.6. The van der Waals surface area contributed by atoms with Gasteiger partial charge in [0.1, 0.15) is 10.8 Å². The zero-order valence-corrected chi connectivity index (χ0v) is 20.3. The van der Waals surface area contributed by atoms with E-state index in [1.807, 2.05) is 48.5 Å². The van der Waals surface area contributed by atoms with Crippen LogP contribution in [0.4, 0.5) is 17.3 Å². The molecule has 0 spiro atoms. The fourth-order valence-corrected chi connectivity index (χ4v) is 4.85. The molecule has 1 amide bonds. The maximum absolute atomic E-state index is 11.4.